The predicted octanol–water partition coefficient (Wildman–Crippen LogP) is 3.55. The Morgan fingerprint density at radius 1 is 1.28 bits per heavy atom. The second-order valence-electron chi connectivity index (χ2n) is 7.14. The quantitative estimate of drug-likeness (QED) is 0.482. The minimum atomic E-state index is 0.136. The van der Waals surface area contributed by atoms with Crippen molar-refractivity contribution in [1.29, 1.82) is 0 Å². The number of methoxy groups -OCH3 is 1. The SMILES string of the molecule is COCc1nn2c(CN3CC(CCOCc4ccccc4)CC3=O)c(Cl)nc2s1. The summed E-state index contributed by atoms with van der Waals surface area (Å²) in [5, 5.41) is 5.73. The lowest BCUT2D eigenvalue weighted by atomic mass is 10.1. The number of imidazole rings is 1. The van der Waals surface area contributed by atoms with Gasteiger partial charge in [0, 0.05) is 26.7 Å². The van der Waals surface area contributed by atoms with E-state index in [0.717, 1.165) is 27.6 Å². The standard InChI is InChI=1S/C20H23ClN4O3S/c1-27-13-17-23-25-16(19(21)22-20(25)29-17)11-24-10-15(9-18(24)26)7-8-28-12-14-5-3-2-4-6-14/h2-6,15H,7-13H2,1H3. The minimum absolute atomic E-state index is 0.136. The number of hydrogen-bond donors (Lipinski definition) is 0. The Hall–Kier alpha value is -2.00. The van der Waals surface area contributed by atoms with Crippen molar-refractivity contribution in [2.24, 2.45) is 5.92 Å². The van der Waals surface area contributed by atoms with Gasteiger partial charge < -0.3 is 14.4 Å². The molecule has 1 saturated heterocycles. The van der Waals surface area contributed by atoms with Crippen LogP contribution in [0, 0.1) is 5.92 Å². The number of nitrogens with zero attached hydrogens (tertiary/aromatic N) is 4. The molecule has 1 aliphatic rings. The smallest absolute Gasteiger partial charge is 0.223 e. The number of benzene rings is 1. The molecule has 0 aliphatic carbocycles. The van der Waals surface area contributed by atoms with Crippen LogP contribution in [-0.4, -0.2) is 45.7 Å². The molecule has 0 radical (unpaired) electrons. The molecule has 0 saturated carbocycles. The van der Waals surface area contributed by atoms with Gasteiger partial charge in [0.15, 0.2) is 5.15 Å². The number of ether oxygens (including phenoxy) is 2. The molecular weight excluding hydrogens is 412 g/mol. The summed E-state index contributed by atoms with van der Waals surface area (Å²) in [7, 11) is 1.63. The van der Waals surface area contributed by atoms with E-state index in [2.05, 4.69) is 10.1 Å². The normalized spacial score (nSPS) is 17.0. The van der Waals surface area contributed by atoms with Crippen LogP contribution in [0.5, 0.6) is 0 Å². The third kappa shape index (κ3) is 4.78. The van der Waals surface area contributed by atoms with Gasteiger partial charge >= 0.3 is 0 Å². The molecule has 0 bridgehead atoms. The van der Waals surface area contributed by atoms with Crippen LogP contribution in [-0.2, 0) is 34.0 Å². The van der Waals surface area contributed by atoms with Crippen LogP contribution in [0.25, 0.3) is 4.96 Å². The van der Waals surface area contributed by atoms with Crippen molar-refractivity contribution < 1.29 is 14.3 Å². The number of hydrogen-bond acceptors (Lipinski definition) is 6. The highest BCUT2D eigenvalue weighted by Gasteiger charge is 2.31. The van der Waals surface area contributed by atoms with Crippen LogP contribution < -0.4 is 0 Å². The van der Waals surface area contributed by atoms with Crippen LogP contribution >= 0.6 is 22.9 Å². The zero-order chi connectivity index (χ0) is 20.2. The zero-order valence-corrected chi connectivity index (χ0v) is 17.8. The second-order valence-corrected chi connectivity index (χ2v) is 8.54. The van der Waals surface area contributed by atoms with E-state index in [1.54, 1.807) is 11.6 Å². The van der Waals surface area contributed by atoms with Gasteiger partial charge in [0.25, 0.3) is 0 Å². The van der Waals surface area contributed by atoms with Gasteiger partial charge in [-0.15, -0.1) is 0 Å². The third-order valence-corrected chi connectivity index (χ3v) is 6.16. The van der Waals surface area contributed by atoms with Crippen molar-refractivity contribution in [3.05, 3.63) is 51.7 Å². The minimum Gasteiger partial charge on any atom is -0.377 e. The summed E-state index contributed by atoms with van der Waals surface area (Å²) in [5.74, 6) is 0.427. The Morgan fingerprint density at radius 3 is 2.90 bits per heavy atom. The number of halogens is 1. The third-order valence-electron chi connectivity index (χ3n) is 4.97. The van der Waals surface area contributed by atoms with Crippen LogP contribution in [0.4, 0.5) is 0 Å². The van der Waals surface area contributed by atoms with Gasteiger partial charge in [-0.3, -0.25) is 4.79 Å². The van der Waals surface area contributed by atoms with E-state index in [4.69, 9.17) is 21.1 Å². The fourth-order valence-electron chi connectivity index (χ4n) is 3.51. The summed E-state index contributed by atoms with van der Waals surface area (Å²) < 4.78 is 12.6. The number of carbonyl (C=O) groups excluding carboxylic acids is 1. The maximum absolute atomic E-state index is 12.5. The van der Waals surface area contributed by atoms with Crippen molar-refractivity contribution in [3.8, 4) is 0 Å². The number of amides is 1. The zero-order valence-electron chi connectivity index (χ0n) is 16.2. The fraction of sp³-hybridized carbons (Fsp3) is 0.450. The average Bonchev–Trinajstić information content (AvgIpc) is 3.34. The molecule has 1 fully saturated rings. The molecule has 29 heavy (non-hydrogen) atoms. The molecular formula is C20H23ClN4O3S. The number of aromatic nitrogens is 3. The van der Waals surface area contributed by atoms with Crippen LogP contribution in [0.15, 0.2) is 30.3 Å². The largest absolute Gasteiger partial charge is 0.377 e. The molecule has 1 aliphatic heterocycles. The highest BCUT2D eigenvalue weighted by molar-refractivity contribution is 7.16. The van der Waals surface area contributed by atoms with Crippen molar-refractivity contribution in [2.75, 3.05) is 20.3 Å². The second kappa shape index (κ2) is 9.21. The van der Waals surface area contributed by atoms with E-state index in [1.807, 2.05) is 35.2 Å². The van der Waals surface area contributed by atoms with E-state index in [0.29, 0.717) is 50.4 Å². The summed E-state index contributed by atoms with van der Waals surface area (Å²) in [6.45, 7) is 2.79. The monoisotopic (exact) mass is 434 g/mol. The molecule has 9 heteroatoms. The average molecular weight is 435 g/mol. The number of rotatable bonds is 9. The number of carbonyl (C=O) groups is 1. The lowest BCUT2D eigenvalue weighted by Gasteiger charge is -2.16. The molecule has 0 N–H and O–H groups in total. The van der Waals surface area contributed by atoms with Gasteiger partial charge in [0.2, 0.25) is 10.9 Å². The molecule has 0 spiro atoms. The van der Waals surface area contributed by atoms with Crippen molar-refractivity contribution in [2.45, 2.75) is 32.6 Å². The predicted molar refractivity (Wildman–Crippen MR) is 111 cm³/mol. The van der Waals surface area contributed by atoms with Gasteiger partial charge in [-0.1, -0.05) is 53.3 Å². The molecule has 1 atom stereocenters. The fourth-order valence-corrected chi connectivity index (χ4v) is 4.67. The van der Waals surface area contributed by atoms with Crippen molar-refractivity contribution in [3.63, 3.8) is 0 Å². The molecule has 2 aromatic heterocycles. The van der Waals surface area contributed by atoms with Gasteiger partial charge in [0.1, 0.15) is 10.7 Å². The van der Waals surface area contributed by atoms with Crippen LogP contribution in [0.2, 0.25) is 5.15 Å². The summed E-state index contributed by atoms with van der Waals surface area (Å²) in [4.78, 5) is 19.4. The Morgan fingerprint density at radius 2 is 2.10 bits per heavy atom. The molecule has 3 heterocycles. The molecule has 1 amide bonds. The Labute approximate surface area is 178 Å². The Bertz CT molecular complexity index is 975. The molecule has 1 unspecified atom stereocenters. The van der Waals surface area contributed by atoms with Crippen molar-refractivity contribution in [1.82, 2.24) is 19.5 Å². The van der Waals surface area contributed by atoms with Gasteiger partial charge in [0.05, 0.1) is 19.8 Å². The van der Waals surface area contributed by atoms with Crippen LogP contribution in [0.1, 0.15) is 29.1 Å². The Kier molecular flexibility index (Phi) is 6.44. The summed E-state index contributed by atoms with van der Waals surface area (Å²) in [6, 6.07) is 10.1. The van der Waals surface area contributed by atoms with Gasteiger partial charge in [-0.05, 0) is 17.9 Å². The first-order chi connectivity index (χ1) is 14.1. The number of fused-ring (bicyclic) bond motifs is 1. The van der Waals surface area contributed by atoms with Gasteiger partial charge in [-0.25, -0.2) is 9.50 Å². The van der Waals surface area contributed by atoms with Crippen LogP contribution in [0.3, 0.4) is 0 Å². The van der Waals surface area contributed by atoms with E-state index in [9.17, 15) is 4.79 Å². The van der Waals surface area contributed by atoms with Gasteiger partial charge in [-0.2, -0.15) is 5.10 Å². The lowest BCUT2D eigenvalue weighted by Crippen LogP contribution is -2.25. The first-order valence-electron chi connectivity index (χ1n) is 9.55. The maximum atomic E-state index is 12.5. The molecule has 4 rings (SSSR count). The lowest BCUT2D eigenvalue weighted by molar-refractivity contribution is -0.128. The highest BCUT2D eigenvalue weighted by atomic mass is 35.5. The number of likely N-dealkylation sites (tertiary alicyclic amines) is 1. The highest BCUT2D eigenvalue weighted by Crippen LogP contribution is 2.27. The summed E-state index contributed by atoms with van der Waals surface area (Å²) in [5.41, 5.74) is 1.90. The van der Waals surface area contributed by atoms with Crippen molar-refractivity contribution >= 4 is 33.8 Å². The van der Waals surface area contributed by atoms with E-state index in [1.165, 1.54) is 11.3 Å². The summed E-state index contributed by atoms with van der Waals surface area (Å²) >= 11 is 7.75. The molecule has 154 valence electrons. The Balaban J connectivity index is 1.31. The molecule has 1 aromatic carbocycles. The summed E-state index contributed by atoms with van der Waals surface area (Å²) in [6.07, 6.45) is 1.40. The first kappa shape index (κ1) is 20.3. The molecule has 3 aromatic rings. The maximum Gasteiger partial charge on any atom is 0.223 e. The topological polar surface area (TPSA) is 69.0 Å². The van der Waals surface area contributed by atoms with E-state index in [-0.39, 0.29) is 5.91 Å². The van der Waals surface area contributed by atoms with E-state index < -0.39 is 0 Å². The molecule has 7 nitrogen and oxygen atoms in total. The first-order valence-corrected chi connectivity index (χ1v) is 10.7. The van der Waals surface area contributed by atoms with E-state index >= 15 is 0 Å².